The number of amides is 1. The number of nitrogens with zero attached hydrogens (tertiary/aromatic N) is 3. The summed E-state index contributed by atoms with van der Waals surface area (Å²) in [5, 5.41) is 4.37. The molecule has 2 aromatic heterocycles. The summed E-state index contributed by atoms with van der Waals surface area (Å²) in [6.07, 6.45) is 9.04. The van der Waals surface area contributed by atoms with Gasteiger partial charge in [0.2, 0.25) is 5.43 Å². The fraction of sp³-hybridized carbons (Fsp3) is 0.364. The van der Waals surface area contributed by atoms with Gasteiger partial charge in [-0.05, 0) is 65.7 Å². The molecule has 28 heavy (non-hydrogen) atoms. The van der Waals surface area contributed by atoms with Crippen molar-refractivity contribution in [2.24, 2.45) is 5.10 Å². The van der Waals surface area contributed by atoms with Crippen LogP contribution in [0.1, 0.15) is 56.6 Å². The summed E-state index contributed by atoms with van der Waals surface area (Å²) in [5.74, 6) is -0.526. The van der Waals surface area contributed by atoms with E-state index < -0.39 is 5.91 Å². The van der Waals surface area contributed by atoms with E-state index in [0.29, 0.717) is 17.6 Å². The fourth-order valence-corrected chi connectivity index (χ4v) is 2.76. The maximum atomic E-state index is 12.7. The second kappa shape index (κ2) is 9.78. The highest BCUT2D eigenvalue weighted by Gasteiger charge is 2.15. The van der Waals surface area contributed by atoms with Gasteiger partial charge in [-0.3, -0.25) is 9.59 Å². The van der Waals surface area contributed by atoms with Crippen LogP contribution in [0.2, 0.25) is 0 Å². The Morgan fingerprint density at radius 1 is 1.29 bits per heavy atom. The molecular formula is C22H28N4O2. The van der Waals surface area contributed by atoms with Gasteiger partial charge in [-0.2, -0.15) is 5.10 Å². The predicted molar refractivity (Wildman–Crippen MR) is 115 cm³/mol. The zero-order valence-corrected chi connectivity index (χ0v) is 17.2. The van der Waals surface area contributed by atoms with E-state index in [-0.39, 0.29) is 11.0 Å². The number of allylic oxidation sites excluding steroid dienone is 4. The third-order valence-electron chi connectivity index (χ3n) is 4.34. The lowest BCUT2D eigenvalue weighted by Crippen LogP contribution is -2.27. The largest absolute Gasteiger partial charge is 0.332 e. The molecule has 0 atom stereocenters. The number of rotatable bonds is 7. The molecule has 2 rings (SSSR count). The Labute approximate surface area is 165 Å². The lowest BCUT2D eigenvalue weighted by Gasteiger charge is -2.10. The highest BCUT2D eigenvalue weighted by atomic mass is 16.2. The Balaban J connectivity index is 2.15. The highest BCUT2D eigenvalue weighted by Crippen LogP contribution is 2.11. The van der Waals surface area contributed by atoms with Gasteiger partial charge in [-0.1, -0.05) is 17.2 Å². The first-order valence-electron chi connectivity index (χ1n) is 9.46. The monoisotopic (exact) mass is 380 g/mol. The molecule has 0 saturated heterocycles. The van der Waals surface area contributed by atoms with Crippen LogP contribution in [-0.4, -0.2) is 21.7 Å². The van der Waals surface area contributed by atoms with E-state index in [2.05, 4.69) is 35.4 Å². The number of carbonyl (C=O) groups is 1. The van der Waals surface area contributed by atoms with Crippen LogP contribution in [-0.2, 0) is 6.54 Å². The van der Waals surface area contributed by atoms with E-state index in [1.54, 1.807) is 29.1 Å². The van der Waals surface area contributed by atoms with Crippen molar-refractivity contribution in [3.05, 3.63) is 63.1 Å². The van der Waals surface area contributed by atoms with Gasteiger partial charge in [0.25, 0.3) is 5.91 Å². The fourth-order valence-electron chi connectivity index (χ4n) is 2.76. The van der Waals surface area contributed by atoms with E-state index in [1.165, 1.54) is 5.57 Å². The minimum Gasteiger partial charge on any atom is -0.332 e. The number of hydrazone groups is 1. The van der Waals surface area contributed by atoms with Crippen molar-refractivity contribution >= 4 is 23.2 Å². The number of hydrogen-bond donors (Lipinski definition) is 1. The van der Waals surface area contributed by atoms with E-state index in [0.717, 1.165) is 24.1 Å². The van der Waals surface area contributed by atoms with Crippen molar-refractivity contribution in [1.82, 2.24) is 15.0 Å². The van der Waals surface area contributed by atoms with Crippen molar-refractivity contribution in [3.63, 3.8) is 0 Å². The molecule has 148 valence electrons. The molecule has 1 amide bonds. The normalized spacial score (nSPS) is 11.8. The van der Waals surface area contributed by atoms with E-state index >= 15 is 0 Å². The van der Waals surface area contributed by atoms with Crippen LogP contribution >= 0.6 is 0 Å². The molecule has 1 N–H and O–H groups in total. The van der Waals surface area contributed by atoms with Crippen molar-refractivity contribution in [2.45, 2.75) is 54.0 Å². The second-order valence-corrected chi connectivity index (χ2v) is 7.03. The van der Waals surface area contributed by atoms with Crippen LogP contribution in [0.15, 0.2) is 51.5 Å². The molecule has 0 spiro atoms. The molecule has 0 radical (unpaired) electrons. The number of aromatic nitrogens is 2. The quantitative estimate of drug-likeness (QED) is 0.446. The predicted octanol–water partition coefficient (Wildman–Crippen LogP) is 4.13. The molecule has 6 heteroatoms. The zero-order valence-electron chi connectivity index (χ0n) is 17.2. The van der Waals surface area contributed by atoms with Crippen LogP contribution in [0.5, 0.6) is 0 Å². The average molecular weight is 380 g/mol. The van der Waals surface area contributed by atoms with Crippen LogP contribution in [0, 0.1) is 6.92 Å². The van der Waals surface area contributed by atoms with Crippen LogP contribution in [0.25, 0.3) is 11.0 Å². The SMILES string of the molecule is CCn1cc(C(=O)N/N=C\C=C(/C)CCC=C(C)C)c(=O)c2ccc(C)nc21. The Morgan fingerprint density at radius 3 is 2.71 bits per heavy atom. The van der Waals surface area contributed by atoms with Gasteiger partial charge >= 0.3 is 0 Å². The Morgan fingerprint density at radius 2 is 2.04 bits per heavy atom. The Kier molecular flexibility index (Phi) is 7.44. The molecule has 2 aromatic rings. The van der Waals surface area contributed by atoms with Gasteiger partial charge in [0.05, 0.1) is 5.39 Å². The molecule has 0 bridgehead atoms. The molecule has 0 fully saturated rings. The second-order valence-electron chi connectivity index (χ2n) is 7.03. The van der Waals surface area contributed by atoms with Crippen molar-refractivity contribution in [1.29, 1.82) is 0 Å². The van der Waals surface area contributed by atoms with E-state index in [9.17, 15) is 9.59 Å². The smallest absolute Gasteiger partial charge is 0.276 e. The first-order valence-corrected chi connectivity index (χ1v) is 9.46. The number of carbonyl (C=O) groups excluding carboxylic acids is 1. The molecule has 6 nitrogen and oxygen atoms in total. The summed E-state index contributed by atoms with van der Waals surface area (Å²) in [5.41, 5.74) is 6.02. The summed E-state index contributed by atoms with van der Waals surface area (Å²) in [7, 11) is 0. The molecule has 0 saturated carbocycles. The number of nitrogens with one attached hydrogen (secondary N) is 1. The van der Waals surface area contributed by atoms with Gasteiger partial charge in [-0.15, -0.1) is 0 Å². The van der Waals surface area contributed by atoms with Crippen molar-refractivity contribution in [3.8, 4) is 0 Å². The molecule has 0 unspecified atom stereocenters. The van der Waals surface area contributed by atoms with Crippen LogP contribution < -0.4 is 10.9 Å². The average Bonchev–Trinajstić information content (AvgIpc) is 2.65. The van der Waals surface area contributed by atoms with E-state index in [1.807, 2.05) is 26.8 Å². The van der Waals surface area contributed by atoms with Gasteiger partial charge < -0.3 is 4.57 Å². The summed E-state index contributed by atoms with van der Waals surface area (Å²) in [4.78, 5) is 29.6. The van der Waals surface area contributed by atoms with Gasteiger partial charge in [0.1, 0.15) is 11.2 Å². The van der Waals surface area contributed by atoms with Gasteiger partial charge in [-0.25, -0.2) is 10.4 Å². The first kappa shape index (κ1) is 21.3. The van der Waals surface area contributed by atoms with E-state index in [4.69, 9.17) is 0 Å². The zero-order chi connectivity index (χ0) is 20.7. The Hall–Kier alpha value is -3.02. The highest BCUT2D eigenvalue weighted by molar-refractivity contribution is 5.97. The van der Waals surface area contributed by atoms with Crippen molar-refractivity contribution < 1.29 is 4.79 Å². The summed E-state index contributed by atoms with van der Waals surface area (Å²) in [6.45, 7) is 10.6. The molecule has 0 aliphatic heterocycles. The molecular weight excluding hydrogens is 352 g/mol. The van der Waals surface area contributed by atoms with Gasteiger partial charge in [0.15, 0.2) is 0 Å². The summed E-state index contributed by atoms with van der Waals surface area (Å²) in [6, 6.07) is 3.48. The number of pyridine rings is 2. The molecule has 0 aliphatic rings. The number of fused-ring (bicyclic) bond motifs is 1. The minimum absolute atomic E-state index is 0.0569. The summed E-state index contributed by atoms with van der Waals surface area (Å²) >= 11 is 0. The molecule has 0 aliphatic carbocycles. The lowest BCUT2D eigenvalue weighted by molar-refractivity contribution is 0.0953. The summed E-state index contributed by atoms with van der Waals surface area (Å²) < 4.78 is 1.80. The number of aryl methyl sites for hydroxylation is 2. The topological polar surface area (TPSA) is 76.3 Å². The van der Waals surface area contributed by atoms with Crippen molar-refractivity contribution in [2.75, 3.05) is 0 Å². The third kappa shape index (κ3) is 5.49. The van der Waals surface area contributed by atoms with Crippen LogP contribution in [0.4, 0.5) is 0 Å². The maximum absolute atomic E-state index is 12.7. The third-order valence-corrected chi connectivity index (χ3v) is 4.34. The molecule has 0 aromatic carbocycles. The Bertz CT molecular complexity index is 1010. The van der Waals surface area contributed by atoms with Gasteiger partial charge in [0, 0.05) is 24.7 Å². The maximum Gasteiger partial charge on any atom is 0.276 e. The lowest BCUT2D eigenvalue weighted by atomic mass is 10.1. The minimum atomic E-state index is -0.526. The van der Waals surface area contributed by atoms with Crippen LogP contribution in [0.3, 0.4) is 0 Å². The number of hydrogen-bond acceptors (Lipinski definition) is 4. The molecule has 2 heterocycles. The first-order chi connectivity index (χ1) is 13.3. The standard InChI is InChI=1S/C22H28N4O2/c1-6-26-14-19(20(27)18-11-10-17(5)24-21(18)26)22(28)25-23-13-12-16(4)9-7-8-15(2)3/h8,10-14H,6-7,9H2,1-5H3,(H,25,28)/b16-12+,23-13-.